The van der Waals surface area contributed by atoms with E-state index in [-0.39, 0.29) is 16.5 Å². The Labute approximate surface area is 157 Å². The van der Waals surface area contributed by atoms with Gasteiger partial charge in [0.05, 0.1) is 5.02 Å². The first-order valence-corrected chi connectivity index (χ1v) is 8.77. The van der Waals surface area contributed by atoms with Crippen molar-refractivity contribution in [3.05, 3.63) is 64.4 Å². The molecule has 0 aliphatic carbocycles. The summed E-state index contributed by atoms with van der Waals surface area (Å²) in [5, 5.41) is 2.70. The smallest absolute Gasteiger partial charge is 0.343 e. The monoisotopic (exact) mass is 377 g/mol. The van der Waals surface area contributed by atoms with E-state index >= 15 is 0 Å². The quantitative estimate of drug-likeness (QED) is 0.706. The number of rotatable bonds is 6. The molecule has 138 valence electrons. The first-order valence-electron chi connectivity index (χ1n) is 8.39. The van der Waals surface area contributed by atoms with Crippen molar-refractivity contribution in [2.24, 2.45) is 0 Å². The highest BCUT2D eigenvalue weighted by Gasteiger charge is 2.24. The second kappa shape index (κ2) is 8.81. The molecule has 0 aliphatic rings. The Hall–Kier alpha value is -2.40. The number of halogens is 2. The van der Waals surface area contributed by atoms with Crippen molar-refractivity contribution in [3.8, 4) is 0 Å². The van der Waals surface area contributed by atoms with Gasteiger partial charge < -0.3 is 10.1 Å². The van der Waals surface area contributed by atoms with Gasteiger partial charge in [-0.25, -0.2) is 9.18 Å². The van der Waals surface area contributed by atoms with Crippen molar-refractivity contribution in [2.75, 3.05) is 5.32 Å². The molecule has 2 atom stereocenters. The van der Waals surface area contributed by atoms with Crippen LogP contribution in [0.5, 0.6) is 0 Å². The predicted octanol–water partition coefficient (Wildman–Crippen LogP) is 5.18. The topological polar surface area (TPSA) is 55.4 Å². The number of ether oxygens (including phenoxy) is 1. The standard InChI is InChI=1S/C20H21ClFNO3/c1-4-12(2)14-8-5-6-11-17(14)23-19(24)13(3)26-20(25)18-15(21)9-7-10-16(18)22/h5-13H,4H2,1-3H3,(H,23,24)/t12-,13+/m0/s1. The zero-order valence-corrected chi connectivity index (χ0v) is 15.6. The lowest BCUT2D eigenvalue weighted by Crippen LogP contribution is -2.30. The third kappa shape index (κ3) is 4.61. The largest absolute Gasteiger partial charge is 0.449 e. The van der Waals surface area contributed by atoms with Gasteiger partial charge in [0, 0.05) is 5.69 Å². The number of para-hydroxylation sites is 1. The molecule has 0 spiro atoms. The van der Waals surface area contributed by atoms with Crippen LogP contribution < -0.4 is 5.32 Å². The lowest BCUT2D eigenvalue weighted by atomic mass is 9.97. The Kier molecular flexibility index (Phi) is 6.75. The van der Waals surface area contributed by atoms with Gasteiger partial charge in [-0.1, -0.05) is 49.7 Å². The van der Waals surface area contributed by atoms with Gasteiger partial charge in [-0.05, 0) is 43.0 Å². The Morgan fingerprint density at radius 3 is 2.50 bits per heavy atom. The molecular formula is C20H21ClFNO3. The van der Waals surface area contributed by atoms with Crippen molar-refractivity contribution in [1.29, 1.82) is 0 Å². The number of benzene rings is 2. The van der Waals surface area contributed by atoms with Crippen LogP contribution in [0.25, 0.3) is 0 Å². The molecule has 0 heterocycles. The fourth-order valence-electron chi connectivity index (χ4n) is 2.46. The number of amides is 1. The minimum Gasteiger partial charge on any atom is -0.449 e. The van der Waals surface area contributed by atoms with Crippen molar-refractivity contribution < 1.29 is 18.7 Å². The molecule has 0 saturated carbocycles. The summed E-state index contributed by atoms with van der Waals surface area (Å²) in [6, 6.07) is 11.3. The highest BCUT2D eigenvalue weighted by molar-refractivity contribution is 6.33. The molecule has 6 heteroatoms. The second-order valence-electron chi connectivity index (χ2n) is 6.03. The van der Waals surface area contributed by atoms with Crippen LogP contribution in [0.4, 0.5) is 10.1 Å². The Bertz CT molecular complexity index is 789. The van der Waals surface area contributed by atoms with Crippen LogP contribution in [-0.2, 0) is 9.53 Å². The van der Waals surface area contributed by atoms with Crippen molar-refractivity contribution in [1.82, 2.24) is 0 Å². The number of nitrogens with one attached hydrogen (secondary N) is 1. The van der Waals surface area contributed by atoms with E-state index in [9.17, 15) is 14.0 Å². The van der Waals surface area contributed by atoms with E-state index in [1.807, 2.05) is 18.2 Å². The number of anilines is 1. The van der Waals surface area contributed by atoms with Crippen LogP contribution in [0, 0.1) is 5.82 Å². The lowest BCUT2D eigenvalue weighted by Gasteiger charge is -2.18. The summed E-state index contributed by atoms with van der Waals surface area (Å²) < 4.78 is 18.9. The normalized spacial score (nSPS) is 13.0. The molecule has 0 fully saturated rings. The third-order valence-corrected chi connectivity index (χ3v) is 4.50. The van der Waals surface area contributed by atoms with E-state index in [0.29, 0.717) is 5.69 Å². The summed E-state index contributed by atoms with van der Waals surface area (Å²) in [5.74, 6) is -2.01. The second-order valence-corrected chi connectivity index (χ2v) is 6.44. The van der Waals surface area contributed by atoms with E-state index in [0.717, 1.165) is 18.1 Å². The van der Waals surface area contributed by atoms with Crippen LogP contribution in [0.2, 0.25) is 5.02 Å². The fraction of sp³-hybridized carbons (Fsp3) is 0.300. The molecule has 26 heavy (non-hydrogen) atoms. The molecule has 1 N–H and O–H groups in total. The summed E-state index contributed by atoms with van der Waals surface area (Å²) in [4.78, 5) is 24.5. The molecule has 0 bridgehead atoms. The van der Waals surface area contributed by atoms with Crippen LogP contribution in [0.1, 0.15) is 49.0 Å². The average Bonchev–Trinajstić information content (AvgIpc) is 2.61. The molecule has 0 aromatic heterocycles. The van der Waals surface area contributed by atoms with Gasteiger partial charge in [0.2, 0.25) is 0 Å². The van der Waals surface area contributed by atoms with Crippen LogP contribution in [0.3, 0.4) is 0 Å². The summed E-state index contributed by atoms with van der Waals surface area (Å²) >= 11 is 5.85. The number of hydrogen-bond acceptors (Lipinski definition) is 3. The number of esters is 1. The van der Waals surface area contributed by atoms with Crippen LogP contribution in [-0.4, -0.2) is 18.0 Å². The van der Waals surface area contributed by atoms with E-state index < -0.39 is 23.8 Å². The highest BCUT2D eigenvalue weighted by atomic mass is 35.5. The predicted molar refractivity (Wildman–Crippen MR) is 100 cm³/mol. The van der Waals surface area contributed by atoms with Gasteiger partial charge in [0.15, 0.2) is 6.10 Å². The molecule has 2 aromatic carbocycles. The summed E-state index contributed by atoms with van der Waals surface area (Å²) in [7, 11) is 0. The molecule has 0 unspecified atom stereocenters. The average molecular weight is 378 g/mol. The van der Waals surface area contributed by atoms with Gasteiger partial charge in [-0.15, -0.1) is 0 Å². The van der Waals surface area contributed by atoms with E-state index in [2.05, 4.69) is 19.2 Å². The van der Waals surface area contributed by atoms with Gasteiger partial charge in [-0.2, -0.15) is 0 Å². The SMILES string of the molecule is CC[C@H](C)c1ccccc1NC(=O)[C@@H](C)OC(=O)c1c(F)cccc1Cl. The number of carbonyl (C=O) groups excluding carboxylic acids is 2. The minimum atomic E-state index is -1.11. The van der Waals surface area contributed by atoms with Crippen molar-refractivity contribution >= 4 is 29.2 Å². The molecule has 0 aliphatic heterocycles. The van der Waals surface area contributed by atoms with Gasteiger partial charge in [-0.3, -0.25) is 4.79 Å². The van der Waals surface area contributed by atoms with Gasteiger partial charge in [0.25, 0.3) is 5.91 Å². The molecule has 2 rings (SSSR count). The maximum absolute atomic E-state index is 13.8. The first-order chi connectivity index (χ1) is 12.3. The Morgan fingerprint density at radius 2 is 1.85 bits per heavy atom. The zero-order valence-electron chi connectivity index (χ0n) is 14.9. The maximum atomic E-state index is 13.8. The fourth-order valence-corrected chi connectivity index (χ4v) is 2.70. The third-order valence-electron chi connectivity index (χ3n) is 4.18. The molecule has 4 nitrogen and oxygen atoms in total. The summed E-state index contributed by atoms with van der Waals surface area (Å²) in [5.41, 5.74) is 1.28. The number of hydrogen-bond donors (Lipinski definition) is 1. The highest BCUT2D eigenvalue weighted by Crippen LogP contribution is 2.27. The van der Waals surface area contributed by atoms with Gasteiger partial charge >= 0.3 is 5.97 Å². The molecule has 0 saturated heterocycles. The molecular weight excluding hydrogens is 357 g/mol. The van der Waals surface area contributed by atoms with E-state index in [1.54, 1.807) is 6.07 Å². The van der Waals surface area contributed by atoms with Crippen molar-refractivity contribution in [2.45, 2.75) is 39.2 Å². The zero-order chi connectivity index (χ0) is 19.3. The molecule has 1 amide bonds. The number of carbonyl (C=O) groups is 2. The van der Waals surface area contributed by atoms with Crippen LogP contribution in [0.15, 0.2) is 42.5 Å². The van der Waals surface area contributed by atoms with E-state index in [4.69, 9.17) is 16.3 Å². The molecule has 0 radical (unpaired) electrons. The van der Waals surface area contributed by atoms with Crippen LogP contribution >= 0.6 is 11.6 Å². The lowest BCUT2D eigenvalue weighted by molar-refractivity contribution is -0.123. The summed E-state index contributed by atoms with van der Waals surface area (Å²) in [6.07, 6.45) is -0.188. The van der Waals surface area contributed by atoms with E-state index in [1.165, 1.54) is 19.1 Å². The van der Waals surface area contributed by atoms with Crippen molar-refractivity contribution in [3.63, 3.8) is 0 Å². The maximum Gasteiger partial charge on any atom is 0.343 e. The summed E-state index contributed by atoms with van der Waals surface area (Å²) in [6.45, 7) is 5.55. The van der Waals surface area contributed by atoms with Gasteiger partial charge in [0.1, 0.15) is 11.4 Å². The minimum absolute atomic E-state index is 0.0651. The Morgan fingerprint density at radius 1 is 1.15 bits per heavy atom. The Balaban J connectivity index is 2.10. The first kappa shape index (κ1) is 19.9. The molecule has 2 aromatic rings.